The van der Waals surface area contributed by atoms with Crippen molar-refractivity contribution in [3.8, 4) is 0 Å². The Hall–Kier alpha value is -0.860. The van der Waals surface area contributed by atoms with Gasteiger partial charge in [0.2, 0.25) is 0 Å². The quantitative estimate of drug-likeness (QED) is 0.843. The number of ether oxygens (including phenoxy) is 1. The minimum atomic E-state index is 0.817. The summed E-state index contributed by atoms with van der Waals surface area (Å²) in [6.07, 6.45) is 5.01. The van der Waals surface area contributed by atoms with Gasteiger partial charge >= 0.3 is 0 Å². The van der Waals surface area contributed by atoms with Gasteiger partial charge < -0.3 is 10.1 Å². The van der Waals surface area contributed by atoms with Crippen molar-refractivity contribution >= 4 is 0 Å². The first-order chi connectivity index (χ1) is 8.43. The number of fused-ring (bicyclic) bond motifs is 1. The molecule has 0 amide bonds. The highest BCUT2D eigenvalue weighted by atomic mass is 16.5. The summed E-state index contributed by atoms with van der Waals surface area (Å²) in [4.78, 5) is 0. The van der Waals surface area contributed by atoms with E-state index >= 15 is 0 Å². The molecule has 1 aromatic carbocycles. The van der Waals surface area contributed by atoms with Gasteiger partial charge in [-0.1, -0.05) is 18.2 Å². The Kier molecular flexibility index (Phi) is 3.44. The first kappa shape index (κ1) is 11.2. The van der Waals surface area contributed by atoms with Crippen LogP contribution in [0, 0.1) is 5.92 Å². The molecule has 1 atom stereocenters. The standard InChI is InChI=1S/C15H21NO/c1-4-13-6-8-17-11-15(13)14(5-1)9-12-3-2-7-16-10-12/h1,4-5,12,16H,2-3,6-11H2. The topological polar surface area (TPSA) is 21.3 Å². The van der Waals surface area contributed by atoms with E-state index in [9.17, 15) is 0 Å². The SMILES string of the molecule is c1cc2c(c(CC3CCCNC3)c1)COCC2. The Labute approximate surface area is 103 Å². The van der Waals surface area contributed by atoms with Crippen molar-refractivity contribution in [2.45, 2.75) is 32.3 Å². The second-order valence-electron chi connectivity index (χ2n) is 5.27. The van der Waals surface area contributed by atoms with Crippen LogP contribution in [-0.4, -0.2) is 19.7 Å². The molecule has 2 aliphatic rings. The molecule has 17 heavy (non-hydrogen) atoms. The fraction of sp³-hybridized carbons (Fsp3) is 0.600. The third-order valence-electron chi connectivity index (χ3n) is 4.04. The van der Waals surface area contributed by atoms with Crippen molar-refractivity contribution in [2.24, 2.45) is 5.92 Å². The maximum atomic E-state index is 5.61. The van der Waals surface area contributed by atoms with Crippen LogP contribution in [-0.2, 0) is 24.2 Å². The number of hydrogen-bond donors (Lipinski definition) is 1. The summed E-state index contributed by atoms with van der Waals surface area (Å²) < 4.78 is 5.61. The molecule has 1 fully saturated rings. The average molecular weight is 231 g/mol. The van der Waals surface area contributed by atoms with E-state index in [0.29, 0.717) is 0 Å². The van der Waals surface area contributed by atoms with Gasteiger partial charge in [-0.25, -0.2) is 0 Å². The van der Waals surface area contributed by atoms with Crippen molar-refractivity contribution in [3.05, 3.63) is 34.9 Å². The van der Waals surface area contributed by atoms with E-state index in [1.165, 1.54) is 49.0 Å². The highest BCUT2D eigenvalue weighted by Gasteiger charge is 2.18. The van der Waals surface area contributed by atoms with Crippen LogP contribution < -0.4 is 5.32 Å². The second kappa shape index (κ2) is 5.19. The molecular weight excluding hydrogens is 210 g/mol. The Morgan fingerprint density at radius 1 is 1.35 bits per heavy atom. The first-order valence-corrected chi connectivity index (χ1v) is 6.81. The summed E-state index contributed by atoms with van der Waals surface area (Å²) in [5, 5.41) is 3.50. The minimum absolute atomic E-state index is 0.817. The summed E-state index contributed by atoms with van der Waals surface area (Å²) in [6.45, 7) is 4.10. The molecule has 1 saturated heterocycles. The molecule has 2 heteroatoms. The normalized spacial score (nSPS) is 24.4. The fourth-order valence-corrected chi connectivity index (χ4v) is 3.06. The highest BCUT2D eigenvalue weighted by molar-refractivity contribution is 5.36. The van der Waals surface area contributed by atoms with Gasteiger partial charge in [-0.2, -0.15) is 0 Å². The number of hydrogen-bond acceptors (Lipinski definition) is 2. The van der Waals surface area contributed by atoms with Gasteiger partial charge in [-0.15, -0.1) is 0 Å². The van der Waals surface area contributed by atoms with Crippen molar-refractivity contribution in [1.82, 2.24) is 5.32 Å². The molecule has 0 radical (unpaired) electrons. The molecule has 3 rings (SSSR count). The molecule has 1 aromatic rings. The molecule has 2 heterocycles. The molecule has 2 aliphatic heterocycles. The molecule has 2 nitrogen and oxygen atoms in total. The summed E-state index contributed by atoms with van der Waals surface area (Å²) in [5.41, 5.74) is 4.51. The van der Waals surface area contributed by atoms with Gasteiger partial charge in [0.15, 0.2) is 0 Å². The van der Waals surface area contributed by atoms with Crippen molar-refractivity contribution in [2.75, 3.05) is 19.7 Å². The van der Waals surface area contributed by atoms with E-state index < -0.39 is 0 Å². The van der Waals surface area contributed by atoms with Gasteiger partial charge in [0.25, 0.3) is 0 Å². The van der Waals surface area contributed by atoms with E-state index in [-0.39, 0.29) is 0 Å². The van der Waals surface area contributed by atoms with Crippen LogP contribution in [0.1, 0.15) is 29.5 Å². The van der Waals surface area contributed by atoms with E-state index in [0.717, 1.165) is 25.6 Å². The molecule has 0 spiro atoms. The molecule has 1 N–H and O–H groups in total. The van der Waals surface area contributed by atoms with Gasteiger partial charge in [-0.05, 0) is 61.4 Å². The van der Waals surface area contributed by atoms with Crippen LogP contribution in [0.3, 0.4) is 0 Å². The third kappa shape index (κ3) is 2.53. The van der Waals surface area contributed by atoms with Crippen LogP contribution in [0.15, 0.2) is 18.2 Å². The predicted molar refractivity (Wildman–Crippen MR) is 69.1 cm³/mol. The minimum Gasteiger partial charge on any atom is -0.376 e. The van der Waals surface area contributed by atoms with Crippen molar-refractivity contribution in [3.63, 3.8) is 0 Å². The molecule has 0 saturated carbocycles. The number of nitrogens with one attached hydrogen (secondary N) is 1. The molecule has 0 bridgehead atoms. The number of piperidine rings is 1. The van der Waals surface area contributed by atoms with E-state index in [1.54, 1.807) is 0 Å². The van der Waals surface area contributed by atoms with Gasteiger partial charge in [0.1, 0.15) is 0 Å². The van der Waals surface area contributed by atoms with Crippen molar-refractivity contribution < 1.29 is 4.74 Å². The van der Waals surface area contributed by atoms with Crippen LogP contribution in [0.2, 0.25) is 0 Å². The molecular formula is C15H21NO. The maximum Gasteiger partial charge on any atom is 0.0722 e. The average Bonchev–Trinajstić information content (AvgIpc) is 2.40. The lowest BCUT2D eigenvalue weighted by Crippen LogP contribution is -2.31. The van der Waals surface area contributed by atoms with E-state index in [2.05, 4.69) is 23.5 Å². The zero-order valence-corrected chi connectivity index (χ0v) is 10.4. The lowest BCUT2D eigenvalue weighted by Gasteiger charge is -2.25. The third-order valence-corrected chi connectivity index (χ3v) is 4.04. The van der Waals surface area contributed by atoms with Gasteiger partial charge in [-0.3, -0.25) is 0 Å². The highest BCUT2D eigenvalue weighted by Crippen LogP contribution is 2.25. The van der Waals surface area contributed by atoms with E-state index in [4.69, 9.17) is 4.74 Å². The molecule has 92 valence electrons. The van der Waals surface area contributed by atoms with Crippen LogP contribution in [0.25, 0.3) is 0 Å². The summed E-state index contributed by atoms with van der Waals surface area (Å²) in [5.74, 6) is 0.817. The summed E-state index contributed by atoms with van der Waals surface area (Å²) in [7, 11) is 0. The zero-order valence-electron chi connectivity index (χ0n) is 10.4. The van der Waals surface area contributed by atoms with Crippen LogP contribution >= 0.6 is 0 Å². The Morgan fingerprint density at radius 2 is 2.35 bits per heavy atom. The van der Waals surface area contributed by atoms with Crippen molar-refractivity contribution in [1.29, 1.82) is 0 Å². The van der Waals surface area contributed by atoms with Crippen LogP contribution in [0.5, 0.6) is 0 Å². The Morgan fingerprint density at radius 3 is 3.24 bits per heavy atom. The van der Waals surface area contributed by atoms with Gasteiger partial charge in [0.05, 0.1) is 13.2 Å². The molecule has 0 aliphatic carbocycles. The monoisotopic (exact) mass is 231 g/mol. The number of benzene rings is 1. The Bertz CT molecular complexity index is 383. The van der Waals surface area contributed by atoms with Crippen LogP contribution in [0.4, 0.5) is 0 Å². The largest absolute Gasteiger partial charge is 0.376 e. The maximum absolute atomic E-state index is 5.61. The molecule has 0 aromatic heterocycles. The first-order valence-electron chi connectivity index (χ1n) is 6.81. The molecule has 1 unspecified atom stereocenters. The fourth-order valence-electron chi connectivity index (χ4n) is 3.06. The smallest absolute Gasteiger partial charge is 0.0722 e. The lowest BCUT2D eigenvalue weighted by molar-refractivity contribution is 0.110. The van der Waals surface area contributed by atoms with E-state index in [1.807, 2.05) is 0 Å². The zero-order chi connectivity index (χ0) is 11.5. The number of rotatable bonds is 2. The van der Waals surface area contributed by atoms with Gasteiger partial charge in [0, 0.05) is 0 Å². The lowest BCUT2D eigenvalue weighted by atomic mass is 9.88. The summed E-state index contributed by atoms with van der Waals surface area (Å²) >= 11 is 0. The Balaban J connectivity index is 1.77. The summed E-state index contributed by atoms with van der Waals surface area (Å²) in [6, 6.07) is 6.78. The predicted octanol–water partition coefficient (Wildman–Crippen LogP) is 2.30. The second-order valence-corrected chi connectivity index (χ2v) is 5.27.